The summed E-state index contributed by atoms with van der Waals surface area (Å²) in [5.74, 6) is 1.62. The number of hydrogen-bond acceptors (Lipinski definition) is 6. The van der Waals surface area contributed by atoms with Gasteiger partial charge in [-0.1, -0.05) is 22.3 Å². The van der Waals surface area contributed by atoms with E-state index < -0.39 is 0 Å². The van der Waals surface area contributed by atoms with Crippen LogP contribution in [0.2, 0.25) is 0 Å². The molecule has 106 valence electrons. The monoisotopic (exact) mass is 274 g/mol. The zero-order chi connectivity index (χ0) is 13.8. The lowest BCUT2D eigenvalue weighted by atomic mass is 10.2. The molecule has 0 bridgehead atoms. The van der Waals surface area contributed by atoms with Gasteiger partial charge in [-0.15, -0.1) is 0 Å². The fourth-order valence-electron chi connectivity index (χ4n) is 1.84. The van der Waals surface area contributed by atoms with Gasteiger partial charge in [0.15, 0.2) is 0 Å². The van der Waals surface area contributed by atoms with E-state index >= 15 is 0 Å². The van der Waals surface area contributed by atoms with Gasteiger partial charge in [0.2, 0.25) is 0 Å². The molecule has 0 aliphatic heterocycles. The van der Waals surface area contributed by atoms with Gasteiger partial charge in [0, 0.05) is 13.1 Å². The van der Waals surface area contributed by atoms with Crippen LogP contribution in [0.25, 0.3) is 0 Å². The third kappa shape index (κ3) is 3.40. The molecule has 20 heavy (non-hydrogen) atoms. The van der Waals surface area contributed by atoms with Crippen molar-refractivity contribution in [2.75, 3.05) is 24.3 Å². The predicted octanol–water partition coefficient (Wildman–Crippen LogP) is 2.51. The Morgan fingerprint density at radius 3 is 2.50 bits per heavy atom. The number of ether oxygens (including phenoxy) is 1. The first-order chi connectivity index (χ1) is 9.83. The molecule has 6 nitrogen and oxygen atoms in total. The summed E-state index contributed by atoms with van der Waals surface area (Å²) < 4.78 is 10.6. The van der Waals surface area contributed by atoms with E-state index in [2.05, 4.69) is 20.8 Å². The highest BCUT2D eigenvalue weighted by molar-refractivity contribution is 5.31. The molecule has 0 spiro atoms. The Bertz CT molecular complexity index is 549. The summed E-state index contributed by atoms with van der Waals surface area (Å²) in [4.78, 5) is 0. The van der Waals surface area contributed by atoms with Crippen LogP contribution in [-0.4, -0.2) is 23.9 Å². The standard InChI is InChI=1S/C14H18N4O2/c1-19-12-6-4-11(5-7-12)9-16-14-18-17-13(20-14)15-8-10-2-3-10/h4-7,10H,2-3,8-9H2,1H3,(H,15,17)(H,16,18). The Kier molecular flexibility index (Phi) is 3.71. The van der Waals surface area contributed by atoms with E-state index in [-0.39, 0.29) is 0 Å². The molecular formula is C14H18N4O2. The molecule has 1 aromatic carbocycles. The van der Waals surface area contributed by atoms with Crippen molar-refractivity contribution in [3.8, 4) is 5.75 Å². The lowest BCUT2D eigenvalue weighted by Gasteiger charge is -2.03. The largest absolute Gasteiger partial charge is 0.497 e. The first-order valence-electron chi connectivity index (χ1n) is 6.77. The second kappa shape index (κ2) is 5.81. The minimum Gasteiger partial charge on any atom is -0.497 e. The van der Waals surface area contributed by atoms with Gasteiger partial charge in [-0.3, -0.25) is 0 Å². The van der Waals surface area contributed by atoms with E-state index in [1.807, 2.05) is 24.3 Å². The summed E-state index contributed by atoms with van der Waals surface area (Å²) >= 11 is 0. The van der Waals surface area contributed by atoms with Crippen molar-refractivity contribution >= 4 is 12.0 Å². The van der Waals surface area contributed by atoms with Crippen molar-refractivity contribution in [3.63, 3.8) is 0 Å². The summed E-state index contributed by atoms with van der Waals surface area (Å²) in [5.41, 5.74) is 1.12. The third-order valence-corrected chi connectivity index (χ3v) is 3.27. The second-order valence-corrected chi connectivity index (χ2v) is 4.94. The normalized spacial score (nSPS) is 14.1. The van der Waals surface area contributed by atoms with Crippen LogP contribution in [0.1, 0.15) is 18.4 Å². The molecule has 0 atom stereocenters. The van der Waals surface area contributed by atoms with Crippen LogP contribution in [0.5, 0.6) is 5.75 Å². The van der Waals surface area contributed by atoms with Crippen LogP contribution in [0.4, 0.5) is 12.0 Å². The molecule has 6 heteroatoms. The topological polar surface area (TPSA) is 72.2 Å². The molecule has 1 aromatic heterocycles. The number of anilines is 2. The van der Waals surface area contributed by atoms with E-state index in [1.54, 1.807) is 7.11 Å². The van der Waals surface area contributed by atoms with Gasteiger partial charge in [0.1, 0.15) is 5.75 Å². The molecule has 0 saturated heterocycles. The number of hydrogen-bond donors (Lipinski definition) is 2. The smallest absolute Gasteiger partial charge is 0.317 e. The quantitative estimate of drug-likeness (QED) is 0.808. The molecule has 0 unspecified atom stereocenters. The van der Waals surface area contributed by atoms with Gasteiger partial charge < -0.3 is 19.8 Å². The van der Waals surface area contributed by atoms with Crippen molar-refractivity contribution < 1.29 is 9.15 Å². The maximum Gasteiger partial charge on any atom is 0.317 e. The summed E-state index contributed by atoms with van der Waals surface area (Å²) in [7, 11) is 1.65. The van der Waals surface area contributed by atoms with Gasteiger partial charge in [0.05, 0.1) is 7.11 Å². The number of nitrogens with zero attached hydrogens (tertiary/aromatic N) is 2. The number of methoxy groups -OCH3 is 1. The number of rotatable bonds is 7. The number of aromatic nitrogens is 2. The fraction of sp³-hybridized carbons (Fsp3) is 0.429. The Labute approximate surface area is 117 Å². The summed E-state index contributed by atoms with van der Waals surface area (Å²) in [6, 6.07) is 8.75. The number of benzene rings is 1. The Hall–Kier alpha value is -2.24. The molecule has 2 aromatic rings. The lowest BCUT2D eigenvalue weighted by molar-refractivity contribution is 0.414. The highest BCUT2D eigenvalue weighted by Gasteiger charge is 2.21. The summed E-state index contributed by atoms with van der Waals surface area (Å²) in [6.07, 6.45) is 2.59. The molecule has 0 radical (unpaired) electrons. The SMILES string of the molecule is COc1ccc(CNc2nnc(NCC3CC3)o2)cc1. The average molecular weight is 274 g/mol. The average Bonchev–Trinajstić information content (AvgIpc) is 3.22. The van der Waals surface area contributed by atoms with E-state index in [0.717, 1.165) is 23.8 Å². The lowest BCUT2D eigenvalue weighted by Crippen LogP contribution is -2.03. The zero-order valence-electron chi connectivity index (χ0n) is 11.4. The van der Waals surface area contributed by atoms with Crippen LogP contribution in [0.15, 0.2) is 28.7 Å². The van der Waals surface area contributed by atoms with E-state index in [9.17, 15) is 0 Å². The zero-order valence-corrected chi connectivity index (χ0v) is 11.4. The van der Waals surface area contributed by atoms with Crippen LogP contribution >= 0.6 is 0 Å². The highest BCUT2D eigenvalue weighted by atomic mass is 16.5. The summed E-state index contributed by atoms with van der Waals surface area (Å²) in [6.45, 7) is 1.55. The van der Waals surface area contributed by atoms with E-state index in [1.165, 1.54) is 12.8 Å². The summed E-state index contributed by atoms with van der Waals surface area (Å²) in [5, 5.41) is 14.1. The third-order valence-electron chi connectivity index (χ3n) is 3.27. The predicted molar refractivity (Wildman–Crippen MR) is 75.8 cm³/mol. The molecule has 1 fully saturated rings. The fourth-order valence-corrected chi connectivity index (χ4v) is 1.84. The van der Waals surface area contributed by atoms with Crippen molar-refractivity contribution in [2.24, 2.45) is 5.92 Å². The molecule has 1 heterocycles. The highest BCUT2D eigenvalue weighted by Crippen LogP contribution is 2.28. The van der Waals surface area contributed by atoms with Crippen LogP contribution in [0, 0.1) is 5.92 Å². The van der Waals surface area contributed by atoms with Crippen LogP contribution in [0.3, 0.4) is 0 Å². The maximum atomic E-state index is 5.46. The van der Waals surface area contributed by atoms with Crippen LogP contribution < -0.4 is 15.4 Å². The van der Waals surface area contributed by atoms with Crippen molar-refractivity contribution in [2.45, 2.75) is 19.4 Å². The Morgan fingerprint density at radius 2 is 1.85 bits per heavy atom. The first-order valence-corrected chi connectivity index (χ1v) is 6.77. The van der Waals surface area contributed by atoms with Crippen molar-refractivity contribution in [3.05, 3.63) is 29.8 Å². The van der Waals surface area contributed by atoms with Gasteiger partial charge in [-0.25, -0.2) is 0 Å². The van der Waals surface area contributed by atoms with Gasteiger partial charge in [0.25, 0.3) is 0 Å². The van der Waals surface area contributed by atoms with Gasteiger partial charge in [-0.2, -0.15) is 0 Å². The molecule has 1 saturated carbocycles. The van der Waals surface area contributed by atoms with E-state index in [0.29, 0.717) is 18.6 Å². The second-order valence-electron chi connectivity index (χ2n) is 4.94. The van der Waals surface area contributed by atoms with Crippen LogP contribution in [-0.2, 0) is 6.54 Å². The van der Waals surface area contributed by atoms with Crippen molar-refractivity contribution in [1.29, 1.82) is 0 Å². The minimum atomic E-state index is 0.430. The van der Waals surface area contributed by atoms with Crippen molar-refractivity contribution in [1.82, 2.24) is 10.2 Å². The number of nitrogens with one attached hydrogen (secondary N) is 2. The molecule has 3 rings (SSSR count). The maximum absolute atomic E-state index is 5.46. The molecule has 1 aliphatic rings. The molecule has 0 amide bonds. The minimum absolute atomic E-state index is 0.430. The van der Waals surface area contributed by atoms with E-state index in [4.69, 9.17) is 9.15 Å². The van der Waals surface area contributed by atoms with Gasteiger partial charge in [-0.05, 0) is 36.5 Å². The Morgan fingerprint density at radius 1 is 1.15 bits per heavy atom. The Balaban J connectivity index is 1.49. The molecule has 1 aliphatic carbocycles. The first kappa shape index (κ1) is 12.8. The van der Waals surface area contributed by atoms with Gasteiger partial charge >= 0.3 is 12.0 Å². The molecule has 2 N–H and O–H groups in total. The molecular weight excluding hydrogens is 256 g/mol.